The molecule has 1 nitrogen and oxygen atoms in total. The van der Waals surface area contributed by atoms with E-state index in [1.807, 2.05) is 12.2 Å². The largest absolute Gasteiger partial charge is 0.508 e. The summed E-state index contributed by atoms with van der Waals surface area (Å²) in [4.78, 5) is 0. The molecule has 0 amide bonds. The molecule has 2 rings (SSSR count). The molecule has 16 heavy (non-hydrogen) atoms. The average molecular weight is 206 g/mol. The zero-order valence-electron chi connectivity index (χ0n) is 8.70. The van der Waals surface area contributed by atoms with Gasteiger partial charge in [0.15, 0.2) is 0 Å². The summed E-state index contributed by atoms with van der Waals surface area (Å²) < 4.78 is 0. The highest BCUT2D eigenvalue weighted by Crippen LogP contribution is 2.15. The average Bonchev–Trinajstić information content (AvgIpc) is 2.78. The second kappa shape index (κ2) is 4.43. The third-order valence-electron chi connectivity index (χ3n) is 2.22. The summed E-state index contributed by atoms with van der Waals surface area (Å²) in [5, 5.41) is 9.43. The van der Waals surface area contributed by atoms with E-state index < -0.39 is 0 Å². The zero-order chi connectivity index (χ0) is 11.4. The Morgan fingerprint density at radius 2 is 1.94 bits per heavy atom. The summed E-state index contributed by atoms with van der Waals surface area (Å²) in [5.41, 5.74) is 2.45. The summed E-state index contributed by atoms with van der Waals surface area (Å²) in [5.74, 6) is 8.67. The van der Waals surface area contributed by atoms with Gasteiger partial charge in [-0.25, -0.2) is 0 Å². The van der Waals surface area contributed by atoms with Crippen molar-refractivity contribution in [3.8, 4) is 29.9 Å². The third-order valence-corrected chi connectivity index (χ3v) is 2.22. The van der Waals surface area contributed by atoms with Gasteiger partial charge in [0, 0.05) is 16.7 Å². The molecule has 0 aliphatic heterocycles. The van der Waals surface area contributed by atoms with E-state index in [1.54, 1.807) is 18.2 Å². The lowest BCUT2D eigenvalue weighted by atomic mass is 10.1. The van der Waals surface area contributed by atoms with Crippen LogP contribution in [0.2, 0.25) is 0 Å². The lowest BCUT2D eigenvalue weighted by Crippen LogP contribution is -1.80. The molecule has 0 radical (unpaired) electrons. The maximum atomic E-state index is 9.43. The van der Waals surface area contributed by atoms with Crippen molar-refractivity contribution in [1.29, 1.82) is 0 Å². The molecular weight excluding hydrogens is 196 g/mol. The first-order valence-corrected chi connectivity index (χ1v) is 4.96. The number of allylic oxidation sites excluding steroid dienone is 4. The van der Waals surface area contributed by atoms with Crippen molar-refractivity contribution in [1.82, 2.24) is 0 Å². The lowest BCUT2D eigenvalue weighted by Gasteiger charge is -1.96. The standard InChI is InChI=1S/C15H10O/c1-2-12-9-14(11-15(16)10-12)8-7-13-5-3-4-6-13/h1,3-5,9-11,16H,6H2. The van der Waals surface area contributed by atoms with Gasteiger partial charge in [-0.1, -0.05) is 36.0 Å². The van der Waals surface area contributed by atoms with Crippen LogP contribution in [0.4, 0.5) is 0 Å². The minimum atomic E-state index is 0.151. The van der Waals surface area contributed by atoms with Gasteiger partial charge in [0.1, 0.15) is 5.75 Å². The van der Waals surface area contributed by atoms with Crippen molar-refractivity contribution >= 4 is 0 Å². The van der Waals surface area contributed by atoms with E-state index in [1.165, 1.54) is 0 Å². The van der Waals surface area contributed by atoms with E-state index in [4.69, 9.17) is 6.42 Å². The van der Waals surface area contributed by atoms with Crippen LogP contribution in [-0.4, -0.2) is 5.11 Å². The number of rotatable bonds is 0. The molecule has 1 aromatic rings. The number of terminal acetylenes is 1. The van der Waals surface area contributed by atoms with Crippen molar-refractivity contribution in [3.63, 3.8) is 0 Å². The molecule has 1 aromatic carbocycles. The molecule has 0 aromatic heterocycles. The minimum absolute atomic E-state index is 0.151. The molecule has 0 saturated carbocycles. The van der Waals surface area contributed by atoms with Crippen LogP contribution < -0.4 is 0 Å². The van der Waals surface area contributed by atoms with Crippen molar-refractivity contribution in [2.24, 2.45) is 0 Å². The molecule has 0 heterocycles. The number of aromatic hydroxyl groups is 1. The molecule has 0 atom stereocenters. The Kier molecular flexibility index (Phi) is 2.81. The summed E-state index contributed by atoms with van der Waals surface area (Å²) in [6.07, 6.45) is 12.2. The first-order valence-electron chi connectivity index (χ1n) is 4.96. The number of phenolic OH excluding ortho intramolecular Hbond substituents is 1. The Morgan fingerprint density at radius 3 is 2.62 bits per heavy atom. The fourth-order valence-electron chi connectivity index (χ4n) is 1.46. The van der Waals surface area contributed by atoms with Gasteiger partial charge in [-0.2, -0.15) is 0 Å². The van der Waals surface area contributed by atoms with Crippen LogP contribution >= 0.6 is 0 Å². The molecule has 0 unspecified atom stereocenters. The lowest BCUT2D eigenvalue weighted by molar-refractivity contribution is 0.475. The molecule has 1 aliphatic carbocycles. The molecule has 0 bridgehead atoms. The van der Waals surface area contributed by atoms with Crippen LogP contribution in [0, 0.1) is 24.2 Å². The van der Waals surface area contributed by atoms with Gasteiger partial charge in [0.2, 0.25) is 0 Å². The third kappa shape index (κ3) is 2.35. The van der Waals surface area contributed by atoms with Gasteiger partial charge in [0.25, 0.3) is 0 Å². The maximum Gasteiger partial charge on any atom is 0.118 e. The molecule has 0 spiro atoms. The first kappa shape index (κ1) is 10.1. The van der Waals surface area contributed by atoms with Crippen molar-refractivity contribution in [3.05, 3.63) is 53.1 Å². The van der Waals surface area contributed by atoms with Crippen LogP contribution in [0.5, 0.6) is 5.75 Å². The number of hydrogen-bond acceptors (Lipinski definition) is 1. The first-order chi connectivity index (χ1) is 7.78. The summed E-state index contributed by atoms with van der Waals surface area (Å²) >= 11 is 0. The maximum absolute atomic E-state index is 9.43. The van der Waals surface area contributed by atoms with Gasteiger partial charge in [-0.05, 0) is 24.6 Å². The van der Waals surface area contributed by atoms with Gasteiger partial charge in [-0.15, -0.1) is 6.42 Å². The Balaban J connectivity index is 2.28. The fourth-order valence-corrected chi connectivity index (χ4v) is 1.46. The highest BCUT2D eigenvalue weighted by atomic mass is 16.3. The predicted molar refractivity (Wildman–Crippen MR) is 64.8 cm³/mol. The van der Waals surface area contributed by atoms with Crippen LogP contribution in [-0.2, 0) is 0 Å². The Hall–Kier alpha value is -2.38. The fraction of sp³-hybridized carbons (Fsp3) is 0.0667. The van der Waals surface area contributed by atoms with E-state index in [9.17, 15) is 5.11 Å². The van der Waals surface area contributed by atoms with E-state index in [0.29, 0.717) is 5.56 Å². The number of phenols is 1. The second-order valence-electron chi connectivity index (χ2n) is 3.49. The summed E-state index contributed by atoms with van der Waals surface area (Å²) in [6.45, 7) is 0. The SMILES string of the molecule is C#Cc1cc(O)cc(C#CC2=CC=CC2)c1. The van der Waals surface area contributed by atoms with E-state index in [-0.39, 0.29) is 5.75 Å². The van der Waals surface area contributed by atoms with Gasteiger partial charge in [-0.3, -0.25) is 0 Å². The van der Waals surface area contributed by atoms with E-state index >= 15 is 0 Å². The molecule has 0 saturated heterocycles. The molecular formula is C15H10O. The van der Waals surface area contributed by atoms with Crippen LogP contribution in [0.3, 0.4) is 0 Å². The summed E-state index contributed by atoms with van der Waals surface area (Å²) in [7, 11) is 0. The minimum Gasteiger partial charge on any atom is -0.508 e. The molecule has 76 valence electrons. The topological polar surface area (TPSA) is 20.2 Å². The monoisotopic (exact) mass is 206 g/mol. The number of hydrogen-bond donors (Lipinski definition) is 1. The van der Waals surface area contributed by atoms with Crippen molar-refractivity contribution < 1.29 is 5.11 Å². The summed E-state index contributed by atoms with van der Waals surface area (Å²) in [6, 6.07) is 4.94. The second-order valence-corrected chi connectivity index (χ2v) is 3.49. The zero-order valence-corrected chi connectivity index (χ0v) is 8.70. The van der Waals surface area contributed by atoms with E-state index in [2.05, 4.69) is 23.8 Å². The van der Waals surface area contributed by atoms with Crippen LogP contribution in [0.15, 0.2) is 42.0 Å². The van der Waals surface area contributed by atoms with Crippen molar-refractivity contribution in [2.75, 3.05) is 0 Å². The Labute approximate surface area is 95.1 Å². The Bertz CT molecular complexity index is 572. The van der Waals surface area contributed by atoms with Crippen LogP contribution in [0.1, 0.15) is 17.5 Å². The molecule has 1 N–H and O–H groups in total. The van der Waals surface area contributed by atoms with Gasteiger partial charge < -0.3 is 5.11 Å². The van der Waals surface area contributed by atoms with E-state index in [0.717, 1.165) is 17.6 Å². The van der Waals surface area contributed by atoms with Gasteiger partial charge in [0.05, 0.1) is 0 Å². The smallest absolute Gasteiger partial charge is 0.118 e. The molecule has 0 fully saturated rings. The van der Waals surface area contributed by atoms with Crippen molar-refractivity contribution in [2.45, 2.75) is 6.42 Å². The quantitative estimate of drug-likeness (QED) is 0.647. The molecule has 1 heteroatoms. The van der Waals surface area contributed by atoms with Gasteiger partial charge >= 0.3 is 0 Å². The van der Waals surface area contributed by atoms with Crippen LogP contribution in [0.25, 0.3) is 0 Å². The normalized spacial score (nSPS) is 12.6. The predicted octanol–water partition coefficient (Wildman–Crippen LogP) is 2.61. The highest BCUT2D eigenvalue weighted by Gasteiger charge is 1.97. The highest BCUT2D eigenvalue weighted by molar-refractivity contribution is 5.50. The number of benzene rings is 1. The molecule has 1 aliphatic rings. The Morgan fingerprint density at radius 1 is 1.12 bits per heavy atom.